The van der Waals surface area contributed by atoms with E-state index in [2.05, 4.69) is 10.3 Å². The quantitative estimate of drug-likeness (QED) is 0.798. The molecule has 0 aliphatic rings. The Morgan fingerprint density at radius 3 is 2.50 bits per heavy atom. The Morgan fingerprint density at radius 2 is 1.91 bits per heavy atom. The lowest BCUT2D eigenvalue weighted by Crippen LogP contribution is -2.37. The molecule has 0 aromatic carbocycles. The Bertz CT molecular complexity index is 850. The molecule has 0 aliphatic carbocycles. The maximum Gasteiger partial charge on any atom is 0.332 e. The highest BCUT2D eigenvalue weighted by Crippen LogP contribution is 2.13. The van der Waals surface area contributed by atoms with Gasteiger partial charge in [0, 0.05) is 20.1 Å². The van der Waals surface area contributed by atoms with Crippen LogP contribution >= 0.6 is 0 Å². The predicted octanol–water partition coefficient (Wildman–Crippen LogP) is -0.446. The van der Waals surface area contributed by atoms with Gasteiger partial charge in [-0.2, -0.15) is 0 Å². The van der Waals surface area contributed by atoms with E-state index < -0.39 is 11.2 Å². The molecule has 118 valence electrons. The SMILES string of the molecule is CC(N)C(C)C(=O)Nc1cnc2c(c1)c(=O)n(C)c(=O)n2C. The fourth-order valence-corrected chi connectivity index (χ4v) is 2.03. The molecule has 0 spiro atoms. The molecule has 22 heavy (non-hydrogen) atoms. The second-order valence-corrected chi connectivity index (χ2v) is 5.44. The van der Waals surface area contributed by atoms with E-state index in [1.807, 2.05) is 0 Å². The molecule has 8 nitrogen and oxygen atoms in total. The lowest BCUT2D eigenvalue weighted by Gasteiger charge is -2.15. The molecule has 0 aliphatic heterocycles. The predicted molar refractivity (Wildman–Crippen MR) is 83.7 cm³/mol. The van der Waals surface area contributed by atoms with Crippen LogP contribution in [0.1, 0.15) is 13.8 Å². The Hall–Kier alpha value is -2.48. The van der Waals surface area contributed by atoms with Crippen LogP contribution in [0.15, 0.2) is 21.9 Å². The van der Waals surface area contributed by atoms with Gasteiger partial charge in [0.2, 0.25) is 5.91 Å². The third-order valence-corrected chi connectivity index (χ3v) is 3.76. The molecule has 2 atom stereocenters. The van der Waals surface area contributed by atoms with Crippen LogP contribution in [0.25, 0.3) is 11.0 Å². The van der Waals surface area contributed by atoms with Gasteiger partial charge in [0.25, 0.3) is 5.56 Å². The minimum atomic E-state index is -0.457. The van der Waals surface area contributed by atoms with Crippen LogP contribution in [-0.4, -0.2) is 26.1 Å². The Balaban J connectivity index is 2.50. The molecule has 2 aromatic rings. The average molecular weight is 305 g/mol. The van der Waals surface area contributed by atoms with Crippen molar-refractivity contribution in [3.05, 3.63) is 33.1 Å². The number of nitrogens with two attached hydrogens (primary N) is 1. The summed E-state index contributed by atoms with van der Waals surface area (Å²) in [4.78, 5) is 40.1. The molecule has 0 radical (unpaired) electrons. The van der Waals surface area contributed by atoms with Gasteiger partial charge < -0.3 is 11.1 Å². The highest BCUT2D eigenvalue weighted by atomic mass is 16.2. The van der Waals surface area contributed by atoms with Crippen LogP contribution in [0.4, 0.5) is 5.69 Å². The zero-order valence-electron chi connectivity index (χ0n) is 13.0. The Labute approximate surface area is 126 Å². The second-order valence-electron chi connectivity index (χ2n) is 5.44. The number of rotatable bonds is 3. The van der Waals surface area contributed by atoms with Gasteiger partial charge in [0.15, 0.2) is 0 Å². The van der Waals surface area contributed by atoms with E-state index in [-0.39, 0.29) is 28.9 Å². The van der Waals surface area contributed by atoms with Crippen molar-refractivity contribution in [1.29, 1.82) is 0 Å². The first-order chi connectivity index (χ1) is 10.2. The number of anilines is 1. The Morgan fingerprint density at radius 1 is 1.27 bits per heavy atom. The fourth-order valence-electron chi connectivity index (χ4n) is 2.03. The molecule has 2 aromatic heterocycles. The first-order valence-electron chi connectivity index (χ1n) is 6.86. The van der Waals surface area contributed by atoms with Crippen molar-refractivity contribution < 1.29 is 4.79 Å². The molecule has 0 saturated heterocycles. The largest absolute Gasteiger partial charge is 0.332 e. The van der Waals surface area contributed by atoms with E-state index >= 15 is 0 Å². The van der Waals surface area contributed by atoms with Crippen molar-refractivity contribution in [2.45, 2.75) is 19.9 Å². The maximum absolute atomic E-state index is 12.2. The number of carbonyl (C=O) groups excluding carboxylic acids is 1. The molecule has 2 heterocycles. The van der Waals surface area contributed by atoms with Crippen LogP contribution < -0.4 is 22.3 Å². The molecule has 0 saturated carbocycles. The third-order valence-electron chi connectivity index (χ3n) is 3.76. The summed E-state index contributed by atoms with van der Waals surface area (Å²) in [6, 6.07) is 1.22. The number of aryl methyl sites for hydroxylation is 1. The smallest absolute Gasteiger partial charge is 0.327 e. The van der Waals surface area contributed by atoms with Crippen LogP contribution in [0.2, 0.25) is 0 Å². The molecule has 0 bridgehead atoms. The van der Waals surface area contributed by atoms with Crippen LogP contribution in [0.3, 0.4) is 0 Å². The zero-order chi connectivity index (χ0) is 16.6. The number of nitrogens with zero attached hydrogens (tertiary/aromatic N) is 3. The van der Waals surface area contributed by atoms with Gasteiger partial charge in [-0.15, -0.1) is 0 Å². The first kappa shape index (κ1) is 15.9. The van der Waals surface area contributed by atoms with Crippen LogP contribution in [-0.2, 0) is 18.9 Å². The van der Waals surface area contributed by atoms with Crippen molar-refractivity contribution >= 4 is 22.6 Å². The molecule has 0 fully saturated rings. The summed E-state index contributed by atoms with van der Waals surface area (Å²) in [6.07, 6.45) is 1.41. The molecule has 2 rings (SSSR count). The van der Waals surface area contributed by atoms with E-state index in [1.54, 1.807) is 13.8 Å². The van der Waals surface area contributed by atoms with Crippen molar-refractivity contribution in [3.63, 3.8) is 0 Å². The van der Waals surface area contributed by atoms with Crippen molar-refractivity contribution in [2.75, 3.05) is 5.32 Å². The second kappa shape index (κ2) is 5.72. The monoisotopic (exact) mass is 305 g/mol. The highest BCUT2D eigenvalue weighted by Gasteiger charge is 2.18. The lowest BCUT2D eigenvalue weighted by molar-refractivity contribution is -0.119. The fraction of sp³-hybridized carbons (Fsp3) is 0.429. The Kier molecular flexibility index (Phi) is 4.14. The number of pyridine rings is 1. The van der Waals surface area contributed by atoms with Gasteiger partial charge in [-0.05, 0) is 13.0 Å². The highest BCUT2D eigenvalue weighted by molar-refractivity contribution is 5.94. The summed E-state index contributed by atoms with van der Waals surface area (Å²) in [7, 11) is 2.93. The van der Waals surface area contributed by atoms with Crippen molar-refractivity contribution in [3.8, 4) is 0 Å². The number of carbonyl (C=O) groups is 1. The normalized spacial score (nSPS) is 13.9. The number of fused-ring (bicyclic) bond motifs is 1. The molecular formula is C14H19N5O3. The van der Waals surface area contributed by atoms with Crippen LogP contribution in [0, 0.1) is 5.92 Å². The summed E-state index contributed by atoms with van der Waals surface area (Å²) in [5.41, 5.74) is 5.44. The minimum Gasteiger partial charge on any atom is -0.327 e. The maximum atomic E-state index is 12.2. The van der Waals surface area contributed by atoms with Gasteiger partial charge in [-0.1, -0.05) is 6.92 Å². The molecular weight excluding hydrogens is 286 g/mol. The topological polar surface area (TPSA) is 112 Å². The van der Waals surface area contributed by atoms with E-state index in [0.29, 0.717) is 5.69 Å². The van der Waals surface area contributed by atoms with Crippen molar-refractivity contribution in [1.82, 2.24) is 14.1 Å². The summed E-state index contributed by atoms with van der Waals surface area (Å²) < 4.78 is 2.28. The number of hydrogen-bond donors (Lipinski definition) is 2. The summed E-state index contributed by atoms with van der Waals surface area (Å²) in [6.45, 7) is 3.46. The van der Waals surface area contributed by atoms with E-state index in [1.165, 1.54) is 30.9 Å². The number of aromatic nitrogens is 3. The van der Waals surface area contributed by atoms with E-state index in [4.69, 9.17) is 5.73 Å². The summed E-state index contributed by atoms with van der Waals surface area (Å²) >= 11 is 0. The lowest BCUT2D eigenvalue weighted by atomic mass is 10.0. The average Bonchev–Trinajstić information content (AvgIpc) is 2.49. The van der Waals surface area contributed by atoms with Gasteiger partial charge >= 0.3 is 5.69 Å². The third kappa shape index (κ3) is 2.64. The minimum absolute atomic E-state index is 0.252. The van der Waals surface area contributed by atoms with Gasteiger partial charge in [0.05, 0.1) is 23.2 Å². The van der Waals surface area contributed by atoms with Crippen molar-refractivity contribution in [2.24, 2.45) is 25.7 Å². The number of nitrogens with one attached hydrogen (secondary N) is 1. The van der Waals surface area contributed by atoms with E-state index in [0.717, 1.165) is 4.57 Å². The van der Waals surface area contributed by atoms with Gasteiger partial charge in [0.1, 0.15) is 5.65 Å². The molecule has 3 N–H and O–H groups in total. The molecule has 2 unspecified atom stereocenters. The standard InChI is InChI=1S/C14H19N5O3/c1-7(8(2)15)12(20)17-9-5-10-11(16-6-9)18(3)14(22)19(4)13(10)21/h5-8H,15H2,1-4H3,(H,17,20). The number of hydrogen-bond acceptors (Lipinski definition) is 5. The van der Waals surface area contributed by atoms with Gasteiger partial charge in [-0.25, -0.2) is 9.78 Å². The summed E-state index contributed by atoms with van der Waals surface area (Å²) in [5, 5.41) is 2.94. The zero-order valence-corrected chi connectivity index (χ0v) is 13.0. The first-order valence-corrected chi connectivity index (χ1v) is 6.86. The molecule has 1 amide bonds. The van der Waals surface area contributed by atoms with Crippen LogP contribution in [0.5, 0.6) is 0 Å². The number of amides is 1. The van der Waals surface area contributed by atoms with E-state index in [9.17, 15) is 14.4 Å². The molecule has 8 heteroatoms. The van der Waals surface area contributed by atoms with Gasteiger partial charge in [-0.3, -0.25) is 18.7 Å². The summed E-state index contributed by atoms with van der Waals surface area (Å²) in [5.74, 6) is -0.628.